The average molecular weight is 235 g/mol. The maximum absolute atomic E-state index is 11.7. The van der Waals surface area contributed by atoms with Crippen LogP contribution in [0, 0.1) is 0 Å². The topological polar surface area (TPSA) is 75.4 Å². The summed E-state index contributed by atoms with van der Waals surface area (Å²) in [4.78, 5) is 23.9. The second kappa shape index (κ2) is 5.09. The quantitative estimate of drug-likeness (QED) is 0.746. The van der Waals surface area contributed by atoms with Crippen LogP contribution in [0.25, 0.3) is 0 Å². The van der Waals surface area contributed by atoms with Crippen LogP contribution < -0.4 is 10.6 Å². The monoisotopic (exact) mass is 235 g/mol. The molecule has 1 atom stereocenters. The van der Waals surface area contributed by atoms with Crippen molar-refractivity contribution >= 4 is 11.7 Å². The third-order valence-electron chi connectivity index (χ3n) is 2.85. The summed E-state index contributed by atoms with van der Waals surface area (Å²) < 4.78 is 0. The Kier molecular flexibility index (Phi) is 3.53. The molecule has 1 aromatic heterocycles. The van der Waals surface area contributed by atoms with Gasteiger partial charge in [-0.05, 0) is 6.92 Å². The summed E-state index contributed by atoms with van der Waals surface area (Å²) in [5, 5.41) is 0. The van der Waals surface area contributed by atoms with Crippen molar-refractivity contribution < 1.29 is 4.79 Å². The Morgan fingerprint density at radius 3 is 2.59 bits per heavy atom. The van der Waals surface area contributed by atoms with E-state index in [1.54, 1.807) is 30.4 Å². The molecule has 0 bridgehead atoms. The van der Waals surface area contributed by atoms with Gasteiger partial charge in [0.25, 0.3) is 0 Å². The normalized spacial score (nSPS) is 18.0. The van der Waals surface area contributed by atoms with E-state index in [0.29, 0.717) is 13.1 Å². The average Bonchev–Trinajstić information content (AvgIpc) is 2.39. The highest BCUT2D eigenvalue weighted by Crippen LogP contribution is 2.11. The minimum Gasteiger partial charge on any atom is -0.352 e. The molecule has 2 heterocycles. The van der Waals surface area contributed by atoms with Crippen LogP contribution in [0.3, 0.4) is 0 Å². The lowest BCUT2D eigenvalue weighted by Crippen LogP contribution is -2.52. The van der Waals surface area contributed by atoms with Crippen LogP contribution in [0.2, 0.25) is 0 Å². The molecule has 2 N–H and O–H groups in total. The Balaban J connectivity index is 1.93. The fraction of sp³-hybridized carbons (Fsp3) is 0.545. The van der Waals surface area contributed by atoms with E-state index in [0.717, 1.165) is 18.9 Å². The standard InChI is InChI=1S/C11H17N5O/c1-9(12)11(17)16-6-4-15(5-7-16)10-8-13-2-3-14-10/h2-3,8-9H,4-7,12H2,1H3/t9-/m0/s1. The fourth-order valence-corrected chi connectivity index (χ4v) is 1.90. The fourth-order valence-electron chi connectivity index (χ4n) is 1.90. The molecule has 0 radical (unpaired) electrons. The van der Waals surface area contributed by atoms with Crippen molar-refractivity contribution in [3.8, 4) is 0 Å². The number of hydrogen-bond acceptors (Lipinski definition) is 5. The van der Waals surface area contributed by atoms with Gasteiger partial charge in [0.15, 0.2) is 0 Å². The largest absolute Gasteiger partial charge is 0.352 e. The van der Waals surface area contributed by atoms with Gasteiger partial charge < -0.3 is 15.5 Å². The maximum atomic E-state index is 11.7. The molecule has 1 fully saturated rings. The summed E-state index contributed by atoms with van der Waals surface area (Å²) in [7, 11) is 0. The molecule has 0 aromatic carbocycles. The van der Waals surface area contributed by atoms with Crippen molar-refractivity contribution in [1.82, 2.24) is 14.9 Å². The molecule has 2 rings (SSSR count). The molecule has 0 aliphatic carbocycles. The molecule has 6 nitrogen and oxygen atoms in total. The van der Waals surface area contributed by atoms with Crippen molar-refractivity contribution in [3.05, 3.63) is 18.6 Å². The van der Waals surface area contributed by atoms with Gasteiger partial charge in [-0.25, -0.2) is 4.98 Å². The van der Waals surface area contributed by atoms with Gasteiger partial charge >= 0.3 is 0 Å². The molecular formula is C11H17N5O. The first kappa shape index (κ1) is 11.8. The number of nitrogens with two attached hydrogens (primary N) is 1. The molecule has 6 heteroatoms. The van der Waals surface area contributed by atoms with E-state index in [9.17, 15) is 4.79 Å². The summed E-state index contributed by atoms with van der Waals surface area (Å²) in [6.07, 6.45) is 5.07. The molecule has 1 aliphatic heterocycles. The second-order valence-electron chi connectivity index (χ2n) is 4.16. The number of aromatic nitrogens is 2. The van der Waals surface area contributed by atoms with Gasteiger partial charge in [-0.1, -0.05) is 0 Å². The highest BCUT2D eigenvalue weighted by molar-refractivity contribution is 5.81. The third-order valence-corrected chi connectivity index (χ3v) is 2.85. The van der Waals surface area contributed by atoms with Crippen molar-refractivity contribution in [3.63, 3.8) is 0 Å². The second-order valence-corrected chi connectivity index (χ2v) is 4.16. The molecule has 1 saturated heterocycles. The Hall–Kier alpha value is -1.69. The van der Waals surface area contributed by atoms with Gasteiger partial charge in [0.05, 0.1) is 12.2 Å². The number of carbonyl (C=O) groups is 1. The van der Waals surface area contributed by atoms with Crippen LogP contribution >= 0.6 is 0 Å². The van der Waals surface area contributed by atoms with Crippen molar-refractivity contribution in [2.24, 2.45) is 5.73 Å². The van der Waals surface area contributed by atoms with Gasteiger partial charge in [0.1, 0.15) is 5.82 Å². The van der Waals surface area contributed by atoms with Gasteiger partial charge in [0, 0.05) is 38.6 Å². The minimum atomic E-state index is -0.418. The van der Waals surface area contributed by atoms with E-state index >= 15 is 0 Å². The summed E-state index contributed by atoms with van der Waals surface area (Å²) in [6.45, 7) is 4.65. The van der Waals surface area contributed by atoms with Crippen LogP contribution in [0.4, 0.5) is 5.82 Å². The van der Waals surface area contributed by atoms with Crippen LogP contribution in [0.1, 0.15) is 6.92 Å². The maximum Gasteiger partial charge on any atom is 0.239 e. The predicted molar refractivity (Wildman–Crippen MR) is 64.5 cm³/mol. The minimum absolute atomic E-state index is 0.0174. The van der Waals surface area contributed by atoms with Crippen LogP contribution in [-0.2, 0) is 4.79 Å². The van der Waals surface area contributed by atoms with Gasteiger partial charge in [-0.2, -0.15) is 0 Å². The first-order valence-electron chi connectivity index (χ1n) is 5.74. The zero-order chi connectivity index (χ0) is 12.3. The molecule has 17 heavy (non-hydrogen) atoms. The SMILES string of the molecule is C[C@H](N)C(=O)N1CCN(c2cnccn2)CC1. The summed E-state index contributed by atoms with van der Waals surface area (Å²) in [5.74, 6) is 0.879. The number of hydrogen-bond donors (Lipinski definition) is 1. The van der Waals surface area contributed by atoms with Crippen LogP contribution in [0.15, 0.2) is 18.6 Å². The summed E-state index contributed by atoms with van der Waals surface area (Å²) >= 11 is 0. The smallest absolute Gasteiger partial charge is 0.239 e. The lowest BCUT2D eigenvalue weighted by atomic mass is 10.2. The van der Waals surface area contributed by atoms with E-state index in [1.165, 1.54) is 0 Å². The molecule has 0 saturated carbocycles. The first-order valence-corrected chi connectivity index (χ1v) is 5.74. The van der Waals surface area contributed by atoms with E-state index in [-0.39, 0.29) is 5.91 Å². The first-order chi connectivity index (χ1) is 8.18. The van der Waals surface area contributed by atoms with Crippen molar-refractivity contribution in [1.29, 1.82) is 0 Å². The number of rotatable bonds is 2. The highest BCUT2D eigenvalue weighted by Gasteiger charge is 2.23. The Bertz CT molecular complexity index is 373. The van der Waals surface area contributed by atoms with Crippen LogP contribution in [0.5, 0.6) is 0 Å². The number of nitrogens with zero attached hydrogens (tertiary/aromatic N) is 4. The Labute approximate surface area is 100 Å². The van der Waals surface area contributed by atoms with E-state index in [1.807, 2.05) is 0 Å². The molecule has 0 spiro atoms. The predicted octanol–water partition coefficient (Wildman–Crippen LogP) is -0.528. The molecule has 1 aliphatic rings. The summed E-state index contributed by atoms with van der Waals surface area (Å²) in [6, 6.07) is -0.418. The number of piperazine rings is 1. The van der Waals surface area contributed by atoms with Gasteiger partial charge in [-0.3, -0.25) is 9.78 Å². The molecular weight excluding hydrogens is 218 g/mol. The molecule has 1 amide bonds. The van der Waals surface area contributed by atoms with Crippen LogP contribution in [-0.4, -0.2) is 53.0 Å². The highest BCUT2D eigenvalue weighted by atomic mass is 16.2. The van der Waals surface area contributed by atoms with E-state index in [2.05, 4.69) is 14.9 Å². The Morgan fingerprint density at radius 1 is 1.35 bits per heavy atom. The lowest BCUT2D eigenvalue weighted by Gasteiger charge is -2.35. The molecule has 92 valence electrons. The van der Waals surface area contributed by atoms with Crippen molar-refractivity contribution in [2.45, 2.75) is 13.0 Å². The number of amides is 1. The third kappa shape index (κ3) is 2.71. The number of anilines is 1. The summed E-state index contributed by atoms with van der Waals surface area (Å²) in [5.41, 5.74) is 5.59. The molecule has 0 unspecified atom stereocenters. The molecule has 1 aromatic rings. The lowest BCUT2D eigenvalue weighted by molar-refractivity contribution is -0.132. The zero-order valence-corrected chi connectivity index (χ0v) is 9.91. The van der Waals surface area contributed by atoms with Crippen molar-refractivity contribution in [2.75, 3.05) is 31.1 Å². The zero-order valence-electron chi connectivity index (χ0n) is 9.91. The number of carbonyl (C=O) groups excluding carboxylic acids is 1. The van der Waals surface area contributed by atoms with Gasteiger partial charge in [0.2, 0.25) is 5.91 Å². The Morgan fingerprint density at radius 2 is 2.06 bits per heavy atom. The van der Waals surface area contributed by atoms with E-state index < -0.39 is 6.04 Å². The van der Waals surface area contributed by atoms with E-state index in [4.69, 9.17) is 5.73 Å². The van der Waals surface area contributed by atoms with Gasteiger partial charge in [-0.15, -0.1) is 0 Å².